The summed E-state index contributed by atoms with van der Waals surface area (Å²) < 4.78 is 181. The molecule has 42 heavy (non-hydrogen) atoms. The van der Waals surface area contributed by atoms with E-state index in [4.69, 9.17) is 0 Å². The van der Waals surface area contributed by atoms with E-state index in [1.165, 1.54) is 10.6 Å². The van der Waals surface area contributed by atoms with Crippen molar-refractivity contribution in [3.8, 4) is 0 Å². The van der Waals surface area contributed by atoms with E-state index in [0.717, 1.165) is 36.7 Å². The van der Waals surface area contributed by atoms with Gasteiger partial charge < -0.3 is 10.6 Å². The highest BCUT2D eigenvalue weighted by Gasteiger charge is 2.73. The van der Waals surface area contributed by atoms with E-state index in [1.807, 2.05) is 0 Å². The Morgan fingerprint density at radius 3 is 1.14 bits per heavy atom. The summed E-state index contributed by atoms with van der Waals surface area (Å²) in [6.45, 7) is -4.90. The van der Waals surface area contributed by atoms with Gasteiger partial charge in [0.1, 0.15) is 0 Å². The summed E-state index contributed by atoms with van der Waals surface area (Å²) >= 11 is 0. The Bertz CT molecular complexity index is 1410. The van der Waals surface area contributed by atoms with Gasteiger partial charge in [0, 0.05) is 23.2 Å². The molecule has 2 amide bonds. The van der Waals surface area contributed by atoms with Crippen LogP contribution < -0.4 is 10.6 Å². The first-order chi connectivity index (χ1) is 19.0. The highest BCUT2D eigenvalue weighted by Crippen LogP contribution is 2.47. The second-order valence-electron chi connectivity index (χ2n) is 8.49. The average Bonchev–Trinajstić information content (AvgIpc) is 2.88. The smallest absolute Gasteiger partial charge is 0.346 e. The highest BCUT2D eigenvalue weighted by atomic mass is 19.4. The number of carbonyl (C=O) groups excluding carboxylic acids is 2. The molecule has 20 heteroatoms. The molecule has 0 aliphatic heterocycles. The van der Waals surface area contributed by atoms with E-state index in [2.05, 4.69) is 9.97 Å². The van der Waals surface area contributed by atoms with E-state index in [1.54, 1.807) is 0 Å². The van der Waals surface area contributed by atoms with Gasteiger partial charge in [-0.15, -0.1) is 0 Å². The molecule has 2 N–H and O–H groups in total. The summed E-state index contributed by atoms with van der Waals surface area (Å²) in [4.78, 5) is 32.5. The molecule has 0 atom stereocenters. The van der Waals surface area contributed by atoms with Crippen LogP contribution in [0.2, 0.25) is 0 Å². The van der Waals surface area contributed by atoms with Crippen LogP contribution in [0.5, 0.6) is 0 Å². The Hall–Kier alpha value is -4.00. The number of nitrogens with zero attached hydrogens (tertiary/aromatic N) is 2. The minimum absolute atomic E-state index is 0.283. The topological polar surface area (TPSA) is 84.0 Å². The molecule has 0 spiro atoms. The van der Waals surface area contributed by atoms with E-state index in [9.17, 15) is 71.1 Å². The van der Waals surface area contributed by atoms with Gasteiger partial charge in [-0.25, -0.2) is 0 Å². The quantitative estimate of drug-likeness (QED) is 0.240. The number of aromatic nitrogens is 2. The lowest BCUT2D eigenvalue weighted by atomic mass is 10.0. The third-order valence-corrected chi connectivity index (χ3v) is 5.68. The average molecular weight is 630 g/mol. The molecule has 3 rings (SSSR count). The number of fused-ring (bicyclic) bond motifs is 3. The third kappa shape index (κ3) is 5.57. The number of halogens is 14. The maximum atomic E-state index is 13.6. The van der Waals surface area contributed by atoms with Crippen molar-refractivity contribution in [2.75, 3.05) is 13.1 Å². The van der Waals surface area contributed by atoms with Crippen LogP contribution in [-0.4, -0.2) is 70.9 Å². The Morgan fingerprint density at radius 2 is 0.857 bits per heavy atom. The number of hydrogen-bond donors (Lipinski definition) is 2. The van der Waals surface area contributed by atoms with Crippen molar-refractivity contribution in [2.24, 2.45) is 0 Å². The lowest BCUT2D eigenvalue weighted by Crippen LogP contribution is -2.56. The van der Waals surface area contributed by atoms with Crippen LogP contribution in [0.4, 0.5) is 61.5 Å². The second kappa shape index (κ2) is 10.4. The van der Waals surface area contributed by atoms with Gasteiger partial charge in [-0.05, 0) is 12.1 Å². The molecule has 2 aromatic heterocycles. The molecule has 0 saturated heterocycles. The van der Waals surface area contributed by atoms with Crippen molar-refractivity contribution >= 4 is 33.6 Å². The van der Waals surface area contributed by atoms with Crippen molar-refractivity contribution in [3.05, 3.63) is 47.8 Å². The lowest BCUT2D eigenvalue weighted by Gasteiger charge is -2.28. The minimum atomic E-state index is -6.64. The number of carbonyl (C=O) groups is 2. The van der Waals surface area contributed by atoms with E-state index < -0.39 is 72.1 Å². The first-order valence-electron chi connectivity index (χ1n) is 10.8. The zero-order valence-corrected chi connectivity index (χ0v) is 19.9. The largest absolute Gasteiger partial charge is 0.459 e. The summed E-state index contributed by atoms with van der Waals surface area (Å²) in [5.74, 6) is -27.7. The van der Waals surface area contributed by atoms with Crippen LogP contribution in [0.1, 0.15) is 20.7 Å². The lowest BCUT2D eigenvalue weighted by molar-refractivity contribution is -0.352. The molecule has 1 aromatic carbocycles. The van der Waals surface area contributed by atoms with Crippen molar-refractivity contribution in [1.29, 1.82) is 0 Å². The Kier molecular flexibility index (Phi) is 8.03. The minimum Gasteiger partial charge on any atom is -0.346 e. The first-order valence-corrected chi connectivity index (χ1v) is 10.8. The monoisotopic (exact) mass is 630 g/mol. The summed E-state index contributed by atoms with van der Waals surface area (Å²) in [5.41, 5.74) is -1.84. The van der Waals surface area contributed by atoms with Crippen molar-refractivity contribution in [3.63, 3.8) is 0 Å². The third-order valence-electron chi connectivity index (χ3n) is 5.68. The normalized spacial score (nSPS) is 13.9. The highest BCUT2D eigenvalue weighted by molar-refractivity contribution is 6.16. The number of pyridine rings is 2. The molecule has 0 unspecified atom stereocenters. The zero-order valence-electron chi connectivity index (χ0n) is 19.9. The number of hydrogen-bond acceptors (Lipinski definition) is 4. The van der Waals surface area contributed by atoms with E-state index in [0.29, 0.717) is 0 Å². The van der Waals surface area contributed by atoms with Crippen LogP contribution in [0, 0.1) is 0 Å². The van der Waals surface area contributed by atoms with Gasteiger partial charge in [-0.1, -0.05) is 12.1 Å². The van der Waals surface area contributed by atoms with Crippen molar-refractivity contribution < 1.29 is 71.1 Å². The maximum Gasteiger partial charge on any atom is 0.459 e. The van der Waals surface area contributed by atoms with Gasteiger partial charge in [0.2, 0.25) is 0 Å². The number of nitrogens with one attached hydrogen (secondary N) is 2. The van der Waals surface area contributed by atoms with Gasteiger partial charge in [-0.3, -0.25) is 19.6 Å². The molecule has 230 valence electrons. The van der Waals surface area contributed by atoms with Crippen LogP contribution in [-0.2, 0) is 0 Å². The predicted molar refractivity (Wildman–Crippen MR) is 114 cm³/mol. The summed E-state index contributed by atoms with van der Waals surface area (Å²) in [6, 6.07) is 3.60. The molecular weight excluding hydrogens is 618 g/mol. The van der Waals surface area contributed by atoms with Crippen LogP contribution in [0.25, 0.3) is 21.8 Å². The summed E-state index contributed by atoms with van der Waals surface area (Å²) in [6.07, 6.45) is -11.6. The standard InChI is InChI=1S/C22H12F14N4O2/c23-17(24,19(27,28)21(31,32)33)7-39-15(41)11-3-5-37-13-9(11)1-2-10-12(4-6-38-14(10)13)16(42)40-8-18(25,26)20(29,30)22(34,35)36/h1-6H,7-8H2,(H,39,41)(H,40,42). The van der Waals surface area contributed by atoms with Gasteiger partial charge in [0.15, 0.2) is 0 Å². The van der Waals surface area contributed by atoms with Crippen molar-refractivity contribution in [2.45, 2.75) is 36.0 Å². The van der Waals surface area contributed by atoms with E-state index >= 15 is 0 Å². The maximum absolute atomic E-state index is 13.6. The molecule has 3 aromatic rings. The van der Waals surface area contributed by atoms with Crippen LogP contribution in [0.3, 0.4) is 0 Å². The zero-order chi connectivity index (χ0) is 32.1. The molecule has 2 heterocycles. The molecule has 0 aliphatic rings. The fourth-order valence-electron chi connectivity index (χ4n) is 3.43. The van der Waals surface area contributed by atoms with Crippen molar-refractivity contribution in [1.82, 2.24) is 20.6 Å². The molecule has 0 saturated carbocycles. The first kappa shape index (κ1) is 32.5. The van der Waals surface area contributed by atoms with Crippen LogP contribution in [0.15, 0.2) is 36.7 Å². The Morgan fingerprint density at radius 1 is 0.548 bits per heavy atom. The van der Waals surface area contributed by atoms with Gasteiger partial charge in [0.25, 0.3) is 11.8 Å². The van der Waals surface area contributed by atoms with Gasteiger partial charge >= 0.3 is 36.0 Å². The Balaban J connectivity index is 1.92. The number of alkyl halides is 14. The Labute approximate surface area is 223 Å². The SMILES string of the molecule is O=C(NCC(F)(F)C(F)(F)C(F)(F)F)c1ccnc2c1ccc1c(C(=O)NCC(F)(F)C(F)(F)C(F)(F)F)ccnc12. The van der Waals surface area contributed by atoms with Gasteiger partial charge in [0.05, 0.1) is 35.2 Å². The molecule has 0 bridgehead atoms. The van der Waals surface area contributed by atoms with Gasteiger partial charge in [-0.2, -0.15) is 61.5 Å². The molecular formula is C22H12F14N4O2. The molecule has 0 fully saturated rings. The summed E-state index contributed by atoms with van der Waals surface area (Å²) in [7, 11) is 0. The number of benzene rings is 1. The fourth-order valence-corrected chi connectivity index (χ4v) is 3.43. The predicted octanol–water partition coefficient (Wildman–Crippen LogP) is 5.91. The van der Waals surface area contributed by atoms with E-state index in [-0.39, 0.29) is 21.8 Å². The number of amides is 2. The number of rotatable bonds is 8. The van der Waals surface area contributed by atoms with Crippen LogP contribution >= 0.6 is 0 Å². The fraction of sp³-hybridized carbons (Fsp3) is 0.364. The summed E-state index contributed by atoms with van der Waals surface area (Å²) in [5, 5.41) is 1.93. The molecule has 0 aliphatic carbocycles. The molecule has 0 radical (unpaired) electrons. The molecule has 6 nitrogen and oxygen atoms in total. The second-order valence-corrected chi connectivity index (χ2v) is 8.49.